The van der Waals surface area contributed by atoms with Gasteiger partial charge in [-0.15, -0.1) is 0 Å². The number of aromatic nitrogens is 2. The van der Waals surface area contributed by atoms with E-state index in [-0.39, 0.29) is 18.2 Å². The zero-order chi connectivity index (χ0) is 19.5. The van der Waals surface area contributed by atoms with Crippen molar-refractivity contribution in [1.82, 2.24) is 14.7 Å². The highest BCUT2D eigenvalue weighted by Crippen LogP contribution is 2.31. The van der Waals surface area contributed by atoms with Crippen LogP contribution in [0.15, 0.2) is 66.9 Å². The molecule has 0 saturated carbocycles. The largest absolute Gasteiger partial charge is 0.341 e. The molecule has 0 radical (unpaired) electrons. The van der Waals surface area contributed by atoms with E-state index in [9.17, 15) is 9.59 Å². The summed E-state index contributed by atoms with van der Waals surface area (Å²) in [4.78, 5) is 26.9. The molecule has 142 valence electrons. The number of carbonyl (C=O) groups excluding carboxylic acids is 2. The first kappa shape index (κ1) is 18.0. The number of hydrogen-bond acceptors (Lipinski definition) is 3. The van der Waals surface area contributed by atoms with Gasteiger partial charge in [0.2, 0.25) is 11.8 Å². The van der Waals surface area contributed by atoms with Crippen molar-refractivity contribution in [3.05, 3.63) is 72.4 Å². The molecule has 0 aliphatic carbocycles. The molecule has 28 heavy (non-hydrogen) atoms. The third-order valence-electron chi connectivity index (χ3n) is 5.04. The molecule has 2 aromatic carbocycles. The number of nitrogens with zero attached hydrogens (tertiary/aromatic N) is 3. The van der Waals surface area contributed by atoms with Crippen molar-refractivity contribution in [3.8, 4) is 11.1 Å². The second-order valence-electron chi connectivity index (χ2n) is 7.08. The Morgan fingerprint density at radius 1 is 1.14 bits per heavy atom. The molecule has 0 unspecified atom stereocenters. The Morgan fingerprint density at radius 3 is 2.54 bits per heavy atom. The van der Waals surface area contributed by atoms with Crippen LogP contribution in [0.3, 0.4) is 0 Å². The van der Waals surface area contributed by atoms with Crippen LogP contribution in [0.4, 0.5) is 5.82 Å². The number of rotatable bonds is 5. The van der Waals surface area contributed by atoms with Crippen LogP contribution in [0.1, 0.15) is 12.0 Å². The van der Waals surface area contributed by atoms with Gasteiger partial charge in [-0.2, -0.15) is 5.10 Å². The highest BCUT2D eigenvalue weighted by atomic mass is 16.2. The molecule has 1 aliphatic rings. The summed E-state index contributed by atoms with van der Waals surface area (Å²) in [6.45, 7) is 0.929. The fraction of sp³-hybridized carbons (Fsp3) is 0.227. The summed E-state index contributed by atoms with van der Waals surface area (Å²) < 4.78 is 1.78. The zero-order valence-electron chi connectivity index (χ0n) is 15.7. The van der Waals surface area contributed by atoms with Crippen LogP contribution in [0, 0.1) is 5.92 Å². The minimum absolute atomic E-state index is 0.0529. The topological polar surface area (TPSA) is 67.2 Å². The SMILES string of the molecule is CN(Cc1ccccc1)C(=O)C[C@H]1Cn2ncc(-c3ccccc3)c2NC1=O. The first-order chi connectivity index (χ1) is 13.6. The lowest BCUT2D eigenvalue weighted by Crippen LogP contribution is -2.38. The van der Waals surface area contributed by atoms with Gasteiger partial charge in [-0.1, -0.05) is 60.7 Å². The van der Waals surface area contributed by atoms with Gasteiger partial charge in [0.1, 0.15) is 5.82 Å². The lowest BCUT2D eigenvalue weighted by Gasteiger charge is -2.26. The van der Waals surface area contributed by atoms with E-state index in [1.54, 1.807) is 22.8 Å². The van der Waals surface area contributed by atoms with E-state index < -0.39 is 5.92 Å². The van der Waals surface area contributed by atoms with Crippen molar-refractivity contribution >= 4 is 17.6 Å². The van der Waals surface area contributed by atoms with E-state index in [1.807, 2.05) is 60.7 Å². The van der Waals surface area contributed by atoms with E-state index in [2.05, 4.69) is 10.4 Å². The van der Waals surface area contributed by atoms with Crippen LogP contribution >= 0.6 is 0 Å². The minimum Gasteiger partial charge on any atom is -0.341 e. The molecular formula is C22H22N4O2. The second-order valence-corrected chi connectivity index (χ2v) is 7.08. The van der Waals surface area contributed by atoms with Crippen LogP contribution in [-0.4, -0.2) is 33.5 Å². The van der Waals surface area contributed by atoms with Gasteiger partial charge < -0.3 is 10.2 Å². The average Bonchev–Trinajstić information content (AvgIpc) is 3.12. The monoisotopic (exact) mass is 374 g/mol. The number of fused-ring (bicyclic) bond motifs is 1. The Morgan fingerprint density at radius 2 is 1.82 bits per heavy atom. The summed E-state index contributed by atoms with van der Waals surface area (Å²) in [5.74, 6) is 0.0776. The molecule has 3 aromatic rings. The Kier molecular flexibility index (Phi) is 4.93. The van der Waals surface area contributed by atoms with Crippen molar-refractivity contribution in [2.45, 2.75) is 19.5 Å². The fourth-order valence-corrected chi connectivity index (χ4v) is 3.46. The van der Waals surface area contributed by atoms with Crippen LogP contribution < -0.4 is 5.32 Å². The van der Waals surface area contributed by atoms with Crippen molar-refractivity contribution in [3.63, 3.8) is 0 Å². The first-order valence-electron chi connectivity index (χ1n) is 9.32. The maximum absolute atomic E-state index is 12.6. The van der Waals surface area contributed by atoms with Crippen molar-refractivity contribution < 1.29 is 9.59 Å². The molecule has 1 aliphatic heterocycles. The van der Waals surface area contributed by atoms with E-state index in [1.165, 1.54) is 0 Å². The number of amides is 2. The fourth-order valence-electron chi connectivity index (χ4n) is 3.46. The molecule has 0 fully saturated rings. The molecule has 0 saturated heterocycles. The maximum atomic E-state index is 12.6. The number of anilines is 1. The van der Waals surface area contributed by atoms with Gasteiger partial charge in [0.05, 0.1) is 18.7 Å². The Balaban J connectivity index is 1.44. The van der Waals surface area contributed by atoms with Gasteiger partial charge in [0.15, 0.2) is 0 Å². The quantitative estimate of drug-likeness (QED) is 0.746. The van der Waals surface area contributed by atoms with E-state index in [0.29, 0.717) is 18.9 Å². The number of hydrogen-bond donors (Lipinski definition) is 1. The molecule has 0 bridgehead atoms. The molecule has 0 spiro atoms. The summed E-state index contributed by atoms with van der Waals surface area (Å²) in [5, 5.41) is 7.36. The summed E-state index contributed by atoms with van der Waals surface area (Å²) in [6.07, 6.45) is 1.92. The molecule has 6 nitrogen and oxygen atoms in total. The normalized spacial score (nSPS) is 15.6. The lowest BCUT2D eigenvalue weighted by molar-refractivity contribution is -0.134. The summed E-state index contributed by atoms with van der Waals surface area (Å²) in [5.41, 5.74) is 2.95. The molecule has 2 amide bonds. The van der Waals surface area contributed by atoms with E-state index in [0.717, 1.165) is 16.7 Å². The molecule has 2 heterocycles. The minimum atomic E-state index is -0.429. The predicted octanol–water partition coefficient (Wildman–Crippen LogP) is 3.17. The lowest BCUT2D eigenvalue weighted by atomic mass is 10.0. The van der Waals surface area contributed by atoms with Crippen LogP contribution in [0.5, 0.6) is 0 Å². The molecule has 1 aromatic heterocycles. The number of nitrogens with one attached hydrogen (secondary N) is 1. The zero-order valence-corrected chi connectivity index (χ0v) is 15.7. The second kappa shape index (κ2) is 7.68. The third-order valence-corrected chi connectivity index (χ3v) is 5.04. The van der Waals surface area contributed by atoms with Crippen molar-refractivity contribution in [1.29, 1.82) is 0 Å². The molecule has 6 heteroatoms. The standard InChI is InChI=1S/C22H22N4O2/c1-25(14-16-8-4-2-5-9-16)20(27)12-18-15-26-21(24-22(18)28)19(13-23-26)17-10-6-3-7-11-17/h2-11,13,18H,12,14-15H2,1H3,(H,24,28)/t18-/m0/s1. The molecule has 4 rings (SSSR count). The first-order valence-corrected chi connectivity index (χ1v) is 9.32. The molecule has 1 N–H and O–H groups in total. The summed E-state index contributed by atoms with van der Waals surface area (Å²) in [7, 11) is 1.77. The van der Waals surface area contributed by atoms with Crippen LogP contribution in [-0.2, 0) is 22.7 Å². The number of carbonyl (C=O) groups is 2. The molecule has 1 atom stereocenters. The molecular weight excluding hydrogens is 352 g/mol. The Hall–Kier alpha value is -3.41. The van der Waals surface area contributed by atoms with Gasteiger partial charge in [0, 0.05) is 25.6 Å². The predicted molar refractivity (Wildman–Crippen MR) is 107 cm³/mol. The van der Waals surface area contributed by atoms with E-state index in [4.69, 9.17) is 0 Å². The Labute approximate surface area is 163 Å². The average molecular weight is 374 g/mol. The summed E-state index contributed by atoms with van der Waals surface area (Å²) >= 11 is 0. The van der Waals surface area contributed by atoms with Gasteiger partial charge in [-0.05, 0) is 11.1 Å². The van der Waals surface area contributed by atoms with Crippen LogP contribution in [0.25, 0.3) is 11.1 Å². The van der Waals surface area contributed by atoms with Gasteiger partial charge in [-0.25, -0.2) is 4.68 Å². The van der Waals surface area contributed by atoms with Gasteiger partial charge in [-0.3, -0.25) is 9.59 Å². The summed E-state index contributed by atoms with van der Waals surface area (Å²) in [6, 6.07) is 19.6. The van der Waals surface area contributed by atoms with Crippen molar-refractivity contribution in [2.24, 2.45) is 5.92 Å². The highest BCUT2D eigenvalue weighted by molar-refractivity contribution is 5.98. The van der Waals surface area contributed by atoms with Gasteiger partial charge in [0.25, 0.3) is 0 Å². The highest BCUT2D eigenvalue weighted by Gasteiger charge is 2.31. The van der Waals surface area contributed by atoms with Gasteiger partial charge >= 0.3 is 0 Å². The van der Waals surface area contributed by atoms with E-state index >= 15 is 0 Å². The third kappa shape index (κ3) is 3.67. The smallest absolute Gasteiger partial charge is 0.231 e. The Bertz CT molecular complexity index is 982. The van der Waals surface area contributed by atoms with Crippen LogP contribution in [0.2, 0.25) is 0 Å². The number of benzene rings is 2. The maximum Gasteiger partial charge on any atom is 0.231 e. The van der Waals surface area contributed by atoms with Crippen molar-refractivity contribution in [2.75, 3.05) is 12.4 Å².